The highest BCUT2D eigenvalue weighted by Gasteiger charge is 2.11. The molecule has 1 aliphatic rings. The van der Waals surface area contributed by atoms with E-state index in [0.717, 1.165) is 0 Å². The van der Waals surface area contributed by atoms with Gasteiger partial charge in [0.2, 0.25) is 0 Å². The normalized spacial score (nSPS) is 42.1. The summed E-state index contributed by atoms with van der Waals surface area (Å²) in [6.45, 7) is -12.2. The van der Waals surface area contributed by atoms with Gasteiger partial charge in [-0.3, -0.25) is 0 Å². The molecule has 13 heavy (non-hydrogen) atoms. The maximum absolute atomic E-state index is 7.82. The van der Waals surface area contributed by atoms with E-state index in [9.17, 15) is 0 Å². The molecular weight excluding hydrogens is 234 g/mol. The molecule has 0 spiro atoms. The molecule has 0 unspecified atom stereocenters. The van der Waals surface area contributed by atoms with Crippen LogP contribution in [0, 0.1) is 0 Å². The third kappa shape index (κ3) is 2.16. The standard InChI is InChI=1S/C8H10BrN3O/c9-7-1-2-8(11-10-7)12-3-5-13-6-4-12/h1-2H,3-6H2/i3D2,4D2,5D2,6D2. The van der Waals surface area contributed by atoms with Crippen LogP contribution in [0.25, 0.3) is 0 Å². The Labute approximate surface area is 96.3 Å². The first-order chi connectivity index (χ1) is 9.33. The first-order valence-corrected chi connectivity index (χ1v) is 4.12. The second kappa shape index (κ2) is 4.02. The highest BCUT2D eigenvalue weighted by Crippen LogP contribution is 2.13. The van der Waals surface area contributed by atoms with Crippen LogP contribution < -0.4 is 4.90 Å². The summed E-state index contributed by atoms with van der Waals surface area (Å²) in [6.07, 6.45) is 0. The van der Waals surface area contributed by atoms with E-state index in [0.29, 0.717) is 4.60 Å². The molecule has 1 saturated heterocycles. The van der Waals surface area contributed by atoms with Crippen molar-refractivity contribution in [2.45, 2.75) is 0 Å². The molecule has 0 atom stereocenters. The van der Waals surface area contributed by atoms with Crippen LogP contribution in [0.1, 0.15) is 11.0 Å². The number of anilines is 1. The van der Waals surface area contributed by atoms with Crippen LogP contribution in [0.3, 0.4) is 0 Å². The zero-order valence-corrected chi connectivity index (χ0v) is 7.87. The summed E-state index contributed by atoms with van der Waals surface area (Å²) in [4.78, 5) is 0.267. The first-order valence-electron chi connectivity index (χ1n) is 7.33. The van der Waals surface area contributed by atoms with E-state index in [1.165, 1.54) is 12.1 Å². The molecule has 2 rings (SSSR count). The topological polar surface area (TPSA) is 38.2 Å². The number of morpholine rings is 1. The molecule has 0 bridgehead atoms. The number of rotatable bonds is 1. The van der Waals surface area contributed by atoms with E-state index >= 15 is 0 Å². The number of aromatic nitrogens is 2. The molecule has 1 aliphatic heterocycles. The van der Waals surface area contributed by atoms with Crippen molar-refractivity contribution in [1.29, 1.82) is 0 Å². The number of hydrogen-bond acceptors (Lipinski definition) is 4. The van der Waals surface area contributed by atoms with Gasteiger partial charge in [0.25, 0.3) is 0 Å². The van der Waals surface area contributed by atoms with Crippen LogP contribution in [0.5, 0.6) is 0 Å². The molecular formula is C8H10BrN3O. The van der Waals surface area contributed by atoms with Crippen molar-refractivity contribution in [1.82, 2.24) is 10.2 Å². The second-order valence-corrected chi connectivity index (χ2v) is 2.89. The molecule has 0 radical (unpaired) electrons. The minimum absolute atomic E-state index is 0.267. The molecule has 1 aromatic heterocycles. The largest absolute Gasteiger partial charge is 0.378 e. The summed E-state index contributed by atoms with van der Waals surface area (Å²) in [5.74, 6) is -0.357. The number of hydrogen-bond donors (Lipinski definition) is 0. The fraction of sp³-hybridized carbons (Fsp3) is 0.500. The summed E-state index contributed by atoms with van der Waals surface area (Å²) in [6, 6.07) is 2.55. The summed E-state index contributed by atoms with van der Waals surface area (Å²) in [5.41, 5.74) is 0. The van der Waals surface area contributed by atoms with Crippen molar-refractivity contribution in [3.05, 3.63) is 16.7 Å². The van der Waals surface area contributed by atoms with E-state index in [2.05, 4.69) is 30.9 Å². The molecule has 1 fully saturated rings. The molecule has 1 aromatic rings. The molecule has 0 amide bonds. The van der Waals surface area contributed by atoms with Gasteiger partial charge in [0.1, 0.15) is 4.60 Å². The molecule has 70 valence electrons. The lowest BCUT2D eigenvalue weighted by Crippen LogP contribution is -2.36. The minimum Gasteiger partial charge on any atom is -0.378 e. The summed E-state index contributed by atoms with van der Waals surface area (Å²) >= 11 is 3.02. The van der Waals surface area contributed by atoms with E-state index in [1.54, 1.807) is 0 Å². The average molecular weight is 252 g/mol. The third-order valence-corrected chi connectivity index (χ3v) is 1.69. The fourth-order valence-corrected chi connectivity index (χ4v) is 0.945. The highest BCUT2D eigenvalue weighted by molar-refractivity contribution is 9.10. The van der Waals surface area contributed by atoms with Gasteiger partial charge in [-0.25, -0.2) is 0 Å². The van der Waals surface area contributed by atoms with Gasteiger partial charge >= 0.3 is 0 Å². The maximum atomic E-state index is 7.82. The molecule has 0 aromatic carbocycles. The number of nitrogens with zero attached hydrogens (tertiary/aromatic N) is 3. The van der Waals surface area contributed by atoms with Crippen LogP contribution in [0.2, 0.25) is 0 Å². The Kier molecular flexibility index (Phi) is 1.07. The van der Waals surface area contributed by atoms with E-state index in [-0.39, 0.29) is 10.7 Å². The smallest absolute Gasteiger partial charge is 0.151 e. The van der Waals surface area contributed by atoms with Crippen molar-refractivity contribution in [3.8, 4) is 0 Å². The van der Waals surface area contributed by atoms with Gasteiger partial charge in [-0.1, -0.05) is 0 Å². The van der Waals surface area contributed by atoms with Gasteiger partial charge in [0.15, 0.2) is 5.82 Å². The van der Waals surface area contributed by atoms with Gasteiger partial charge in [0, 0.05) is 13.0 Å². The monoisotopic (exact) mass is 251 g/mol. The zero-order valence-electron chi connectivity index (χ0n) is 14.3. The summed E-state index contributed by atoms with van der Waals surface area (Å²) in [7, 11) is 0. The van der Waals surface area contributed by atoms with E-state index in [1.807, 2.05) is 0 Å². The van der Waals surface area contributed by atoms with Gasteiger partial charge in [-0.15, -0.1) is 10.2 Å². The molecule has 0 aliphatic carbocycles. The Morgan fingerprint density at radius 3 is 2.77 bits per heavy atom. The molecule has 2 heterocycles. The van der Waals surface area contributed by atoms with Gasteiger partial charge < -0.3 is 9.64 Å². The quantitative estimate of drug-likeness (QED) is 0.749. The van der Waals surface area contributed by atoms with Crippen molar-refractivity contribution >= 4 is 21.7 Å². The van der Waals surface area contributed by atoms with Crippen LogP contribution in [-0.4, -0.2) is 36.3 Å². The Morgan fingerprint density at radius 1 is 1.38 bits per heavy atom. The highest BCUT2D eigenvalue weighted by atomic mass is 79.9. The predicted octanol–water partition coefficient (Wildman–Crippen LogP) is 1.08. The first kappa shape index (κ1) is 3.47. The van der Waals surface area contributed by atoms with Gasteiger partial charge in [-0.05, 0) is 28.1 Å². The Morgan fingerprint density at radius 2 is 2.15 bits per heavy atom. The van der Waals surface area contributed by atoms with Crippen LogP contribution >= 0.6 is 15.9 Å². The lowest BCUT2D eigenvalue weighted by Gasteiger charge is -2.27. The van der Waals surface area contributed by atoms with Crippen molar-refractivity contribution in [2.24, 2.45) is 0 Å². The summed E-state index contributed by atoms with van der Waals surface area (Å²) < 4.78 is 66.1. The number of halogens is 1. The Hall–Kier alpha value is -0.680. The van der Waals surface area contributed by atoms with Crippen molar-refractivity contribution in [3.63, 3.8) is 0 Å². The van der Waals surface area contributed by atoms with Crippen LogP contribution in [0.4, 0.5) is 5.82 Å². The van der Waals surface area contributed by atoms with Gasteiger partial charge in [0.05, 0.1) is 24.1 Å². The number of ether oxygens (including phenoxy) is 1. The zero-order chi connectivity index (χ0) is 16.3. The second-order valence-electron chi connectivity index (χ2n) is 2.08. The van der Waals surface area contributed by atoms with E-state index < -0.39 is 26.1 Å². The lowest BCUT2D eigenvalue weighted by atomic mass is 10.4. The SMILES string of the molecule is [2H]C1([2H])OC([2H])([2H])C([2H])([2H])N(c2ccc(Br)nn2)C1([2H])[2H]. The lowest BCUT2D eigenvalue weighted by molar-refractivity contribution is 0.122. The molecule has 0 saturated carbocycles. The van der Waals surface area contributed by atoms with Gasteiger partial charge in [-0.2, -0.15) is 0 Å². The predicted molar refractivity (Wildman–Crippen MR) is 52.8 cm³/mol. The Balaban J connectivity index is 2.64. The maximum Gasteiger partial charge on any atom is 0.151 e. The molecule has 0 N–H and O–H groups in total. The summed E-state index contributed by atoms with van der Waals surface area (Å²) in [5, 5.41) is 7.17. The van der Waals surface area contributed by atoms with E-state index in [4.69, 9.17) is 11.0 Å². The molecule has 4 nitrogen and oxygen atoms in total. The van der Waals surface area contributed by atoms with Crippen molar-refractivity contribution in [2.75, 3.05) is 31.0 Å². The van der Waals surface area contributed by atoms with Crippen LogP contribution in [0.15, 0.2) is 16.7 Å². The Bertz CT molecular complexity index is 525. The van der Waals surface area contributed by atoms with Crippen molar-refractivity contribution < 1.29 is 15.7 Å². The fourth-order valence-electron chi connectivity index (χ4n) is 0.733. The third-order valence-electron chi connectivity index (χ3n) is 1.26. The average Bonchev–Trinajstić information content (AvgIpc) is 2.28. The minimum atomic E-state index is -3.10. The molecule has 5 heteroatoms. The van der Waals surface area contributed by atoms with Crippen LogP contribution in [-0.2, 0) is 4.74 Å².